The van der Waals surface area contributed by atoms with Crippen molar-refractivity contribution in [3.63, 3.8) is 0 Å². The number of urea groups is 1. The van der Waals surface area contributed by atoms with Crippen LogP contribution in [0.25, 0.3) is 11.4 Å². The van der Waals surface area contributed by atoms with E-state index in [-0.39, 0.29) is 11.7 Å². The van der Waals surface area contributed by atoms with Crippen molar-refractivity contribution in [3.05, 3.63) is 24.3 Å². The summed E-state index contributed by atoms with van der Waals surface area (Å²) in [4.78, 5) is 23.3. The van der Waals surface area contributed by atoms with Crippen LogP contribution in [0.2, 0.25) is 0 Å². The van der Waals surface area contributed by atoms with Gasteiger partial charge in [-0.15, -0.1) is 10.2 Å². The number of hydrogen-bond donors (Lipinski definition) is 2. The van der Waals surface area contributed by atoms with Crippen molar-refractivity contribution in [2.75, 3.05) is 19.4 Å². The Kier molecular flexibility index (Phi) is 7.66. The summed E-state index contributed by atoms with van der Waals surface area (Å²) in [6.07, 6.45) is 0. The van der Waals surface area contributed by atoms with Crippen LogP contribution >= 0.6 is 11.8 Å². The van der Waals surface area contributed by atoms with Gasteiger partial charge < -0.3 is 14.6 Å². The van der Waals surface area contributed by atoms with Gasteiger partial charge in [-0.2, -0.15) is 0 Å². The number of carbonyl (C=O) groups is 2. The van der Waals surface area contributed by atoms with Crippen LogP contribution in [0.1, 0.15) is 20.8 Å². The minimum absolute atomic E-state index is 0.0793. The molecule has 27 heavy (non-hydrogen) atoms. The molecule has 1 aromatic heterocycles. The number of benzene rings is 1. The maximum Gasteiger partial charge on any atom is 0.321 e. The number of imide groups is 1. The first-order chi connectivity index (χ1) is 12.9. The van der Waals surface area contributed by atoms with Gasteiger partial charge in [-0.3, -0.25) is 10.1 Å². The molecule has 2 rings (SSSR count). The largest absolute Gasteiger partial charge is 0.497 e. The van der Waals surface area contributed by atoms with Crippen molar-refractivity contribution in [2.45, 2.75) is 32.5 Å². The van der Waals surface area contributed by atoms with Gasteiger partial charge in [0, 0.05) is 18.7 Å². The zero-order valence-corrected chi connectivity index (χ0v) is 16.8. The van der Waals surface area contributed by atoms with E-state index in [1.165, 1.54) is 11.8 Å². The van der Waals surface area contributed by atoms with Crippen molar-refractivity contribution >= 4 is 23.7 Å². The maximum absolute atomic E-state index is 11.9. The third-order valence-corrected chi connectivity index (χ3v) is 4.50. The van der Waals surface area contributed by atoms with E-state index >= 15 is 0 Å². The molecule has 2 N–H and O–H groups in total. The Balaban J connectivity index is 2.15. The minimum Gasteiger partial charge on any atom is -0.497 e. The van der Waals surface area contributed by atoms with Crippen molar-refractivity contribution in [1.82, 2.24) is 25.4 Å². The Morgan fingerprint density at radius 1 is 1.22 bits per heavy atom. The molecule has 0 bridgehead atoms. The first-order valence-electron chi connectivity index (χ1n) is 8.72. The second-order valence-electron chi connectivity index (χ2n) is 6.24. The fourth-order valence-electron chi connectivity index (χ4n) is 2.38. The third kappa shape index (κ3) is 5.99. The molecule has 0 unspecified atom stereocenters. The Labute approximate surface area is 163 Å². The highest BCUT2D eigenvalue weighted by Crippen LogP contribution is 2.26. The highest BCUT2D eigenvalue weighted by Gasteiger charge is 2.17. The van der Waals surface area contributed by atoms with Crippen molar-refractivity contribution in [1.29, 1.82) is 0 Å². The van der Waals surface area contributed by atoms with Crippen LogP contribution in [0.5, 0.6) is 5.75 Å². The lowest BCUT2D eigenvalue weighted by Gasteiger charge is -2.12. The lowest BCUT2D eigenvalue weighted by molar-refractivity contribution is -0.117. The Morgan fingerprint density at radius 3 is 2.52 bits per heavy atom. The van der Waals surface area contributed by atoms with Gasteiger partial charge >= 0.3 is 6.03 Å². The van der Waals surface area contributed by atoms with E-state index in [1.807, 2.05) is 28.8 Å². The molecule has 0 saturated heterocycles. The number of methoxy groups -OCH3 is 1. The first-order valence-corrected chi connectivity index (χ1v) is 9.71. The smallest absolute Gasteiger partial charge is 0.321 e. The maximum atomic E-state index is 11.9. The summed E-state index contributed by atoms with van der Waals surface area (Å²) in [5.41, 5.74) is 0.919. The number of ether oxygens (including phenoxy) is 1. The van der Waals surface area contributed by atoms with Gasteiger partial charge in [0.1, 0.15) is 5.75 Å². The fraction of sp³-hybridized carbons (Fsp3) is 0.444. The van der Waals surface area contributed by atoms with Gasteiger partial charge in [0.2, 0.25) is 5.91 Å². The quantitative estimate of drug-likeness (QED) is 0.671. The Morgan fingerprint density at radius 2 is 1.93 bits per heavy atom. The van der Waals surface area contributed by atoms with Crippen molar-refractivity contribution in [3.8, 4) is 17.1 Å². The van der Waals surface area contributed by atoms with Crippen LogP contribution in [0.4, 0.5) is 4.79 Å². The number of nitrogens with zero attached hydrogens (tertiary/aromatic N) is 3. The molecule has 2 aromatic rings. The predicted octanol–water partition coefficient (Wildman–Crippen LogP) is 2.55. The number of amides is 3. The summed E-state index contributed by atoms with van der Waals surface area (Å²) in [5, 5.41) is 14.0. The topological polar surface area (TPSA) is 98.1 Å². The Hall–Kier alpha value is -2.55. The van der Waals surface area contributed by atoms with E-state index < -0.39 is 6.03 Å². The molecule has 0 aliphatic rings. The molecule has 1 aromatic carbocycles. The highest BCUT2D eigenvalue weighted by molar-refractivity contribution is 7.99. The second-order valence-corrected chi connectivity index (χ2v) is 7.18. The van der Waals surface area contributed by atoms with Crippen LogP contribution < -0.4 is 15.4 Å². The molecular weight excluding hydrogens is 366 g/mol. The normalized spacial score (nSPS) is 10.7. The zero-order valence-electron chi connectivity index (χ0n) is 16.0. The van der Waals surface area contributed by atoms with Gasteiger partial charge in [-0.1, -0.05) is 25.6 Å². The van der Waals surface area contributed by atoms with Gasteiger partial charge in [0.05, 0.1) is 12.9 Å². The zero-order chi connectivity index (χ0) is 19.8. The SMILES string of the molecule is CCNC(=O)NC(=O)CSc1nnc(-c2ccc(OC)cc2)n1CC(C)C. The van der Waals surface area contributed by atoms with E-state index in [1.54, 1.807) is 14.0 Å². The van der Waals surface area contributed by atoms with Crippen LogP contribution in [0, 0.1) is 5.92 Å². The summed E-state index contributed by atoms with van der Waals surface area (Å²) < 4.78 is 7.19. The van der Waals surface area contributed by atoms with E-state index in [9.17, 15) is 9.59 Å². The van der Waals surface area contributed by atoms with E-state index in [0.29, 0.717) is 24.2 Å². The summed E-state index contributed by atoms with van der Waals surface area (Å²) in [7, 11) is 1.62. The average Bonchev–Trinajstić information content (AvgIpc) is 3.02. The number of rotatable bonds is 8. The minimum atomic E-state index is -0.495. The molecule has 146 valence electrons. The van der Waals surface area contributed by atoms with Gasteiger partial charge in [0.25, 0.3) is 0 Å². The number of nitrogens with one attached hydrogen (secondary N) is 2. The summed E-state index contributed by atoms with van der Waals surface area (Å²) >= 11 is 1.25. The number of carbonyl (C=O) groups excluding carboxylic acids is 2. The molecule has 0 spiro atoms. The van der Waals surface area contributed by atoms with Crippen molar-refractivity contribution in [2.24, 2.45) is 5.92 Å². The number of thioether (sulfide) groups is 1. The molecular formula is C18H25N5O3S. The molecule has 0 atom stereocenters. The van der Waals surface area contributed by atoms with Gasteiger partial charge in [0.15, 0.2) is 11.0 Å². The highest BCUT2D eigenvalue weighted by atomic mass is 32.2. The fourth-order valence-corrected chi connectivity index (χ4v) is 3.12. The molecule has 1 heterocycles. The van der Waals surface area contributed by atoms with Gasteiger partial charge in [-0.05, 0) is 37.1 Å². The molecule has 0 radical (unpaired) electrons. The van der Waals surface area contributed by atoms with Crippen LogP contribution in [0.15, 0.2) is 29.4 Å². The lowest BCUT2D eigenvalue weighted by Crippen LogP contribution is -2.40. The standard InChI is InChI=1S/C18H25N5O3S/c1-5-19-17(25)20-15(24)11-27-18-22-21-16(23(18)10-12(2)3)13-6-8-14(26-4)9-7-13/h6-9,12H,5,10-11H2,1-4H3,(H2,19,20,24,25). The van der Waals surface area contributed by atoms with Gasteiger partial charge in [-0.25, -0.2) is 4.79 Å². The lowest BCUT2D eigenvalue weighted by atomic mass is 10.2. The predicted molar refractivity (Wildman–Crippen MR) is 105 cm³/mol. The first kappa shape index (κ1) is 20.8. The molecule has 8 nitrogen and oxygen atoms in total. The van der Waals surface area contributed by atoms with E-state index in [2.05, 4.69) is 34.7 Å². The summed E-state index contributed by atoms with van der Waals surface area (Å²) in [5.74, 6) is 1.58. The molecule has 0 saturated carbocycles. The summed E-state index contributed by atoms with van der Waals surface area (Å²) in [6.45, 7) is 7.17. The van der Waals surface area contributed by atoms with Crippen LogP contribution in [-0.2, 0) is 11.3 Å². The van der Waals surface area contributed by atoms with Crippen LogP contribution in [-0.4, -0.2) is 46.1 Å². The molecule has 0 aliphatic carbocycles. The summed E-state index contributed by atoms with van der Waals surface area (Å²) in [6, 6.07) is 7.10. The van der Waals surface area contributed by atoms with Crippen molar-refractivity contribution < 1.29 is 14.3 Å². The number of aromatic nitrogens is 3. The average molecular weight is 391 g/mol. The molecule has 0 aliphatic heterocycles. The molecule has 0 fully saturated rings. The second kappa shape index (κ2) is 9.96. The van der Waals surface area contributed by atoms with Crippen LogP contribution in [0.3, 0.4) is 0 Å². The molecule has 9 heteroatoms. The van der Waals surface area contributed by atoms with E-state index in [0.717, 1.165) is 17.1 Å². The van der Waals surface area contributed by atoms with E-state index in [4.69, 9.17) is 4.74 Å². The molecule has 3 amide bonds. The third-order valence-electron chi connectivity index (χ3n) is 3.54. The number of hydrogen-bond acceptors (Lipinski definition) is 6. The monoisotopic (exact) mass is 391 g/mol. The Bertz CT molecular complexity index is 774.